The first-order valence-electron chi connectivity index (χ1n) is 15.9. The van der Waals surface area contributed by atoms with Crippen molar-refractivity contribution in [2.45, 2.75) is 103 Å². The second-order valence-corrected chi connectivity index (χ2v) is 13.5. The van der Waals surface area contributed by atoms with Crippen molar-refractivity contribution in [3.63, 3.8) is 0 Å². The number of hydrogen-bond donors (Lipinski definition) is 4. The normalized spacial score (nSPS) is 13.7. The highest BCUT2D eigenvalue weighted by Crippen LogP contribution is 2.44. The van der Waals surface area contributed by atoms with Gasteiger partial charge in [0, 0.05) is 18.9 Å². The number of carbonyl (C=O) groups is 5. The number of alkyl carbamates (subject to hydrolysis) is 2. The highest BCUT2D eigenvalue weighted by Gasteiger charge is 2.31. The highest BCUT2D eigenvalue weighted by atomic mass is 16.6. The first kappa shape index (κ1) is 36.9. The summed E-state index contributed by atoms with van der Waals surface area (Å²) in [6.07, 6.45) is -0.853. The Balaban J connectivity index is 1.64. The average Bonchev–Trinajstić information content (AvgIpc) is 3.29. The fourth-order valence-electron chi connectivity index (χ4n) is 5.21. The van der Waals surface area contributed by atoms with Crippen molar-refractivity contribution in [3.8, 4) is 11.1 Å². The maximum atomic E-state index is 13.3. The van der Waals surface area contributed by atoms with Crippen molar-refractivity contribution in [1.82, 2.24) is 16.0 Å². The first-order valence-corrected chi connectivity index (χ1v) is 15.9. The number of aliphatic carboxylic acids is 1. The van der Waals surface area contributed by atoms with E-state index in [9.17, 15) is 29.1 Å². The third kappa shape index (κ3) is 11.9. The number of carboxylic acids is 1. The molecule has 0 saturated heterocycles. The molecule has 2 atom stereocenters. The molecule has 12 nitrogen and oxygen atoms in total. The molecular weight excluding hydrogens is 606 g/mol. The number of carbonyl (C=O) groups excluding carboxylic acids is 4. The SMILES string of the molecule is CC(C)(C)OC(=O)CC[C@H](NC(=O)[C@H](CCCCNC(=O)OC(C)(C)C)NC(=O)OCC1c2ccccc2-c2ccccc21)C(=O)O. The second kappa shape index (κ2) is 16.3. The maximum Gasteiger partial charge on any atom is 0.407 e. The Morgan fingerprint density at radius 1 is 0.745 bits per heavy atom. The molecule has 47 heavy (non-hydrogen) atoms. The van der Waals surface area contributed by atoms with E-state index in [1.165, 1.54) is 0 Å². The minimum atomic E-state index is -1.39. The number of hydrogen-bond acceptors (Lipinski definition) is 8. The van der Waals surface area contributed by atoms with Crippen molar-refractivity contribution >= 4 is 30.0 Å². The van der Waals surface area contributed by atoms with E-state index in [1.54, 1.807) is 41.5 Å². The molecule has 1 aliphatic carbocycles. The van der Waals surface area contributed by atoms with Crippen LogP contribution in [-0.2, 0) is 28.6 Å². The van der Waals surface area contributed by atoms with E-state index in [0.717, 1.165) is 22.3 Å². The maximum absolute atomic E-state index is 13.3. The second-order valence-electron chi connectivity index (χ2n) is 13.5. The van der Waals surface area contributed by atoms with Crippen LogP contribution in [0, 0.1) is 0 Å². The topological polar surface area (TPSA) is 169 Å². The van der Waals surface area contributed by atoms with Crippen LogP contribution in [0.5, 0.6) is 0 Å². The lowest BCUT2D eigenvalue weighted by Gasteiger charge is -2.23. The smallest absolute Gasteiger partial charge is 0.407 e. The molecule has 2 aromatic carbocycles. The standard InChI is InChI=1S/C35H47N3O9/c1-34(2,3)46-29(39)19-18-28(31(41)42)37-30(40)27(17-11-12-20-36-32(43)47-35(4,5)6)38-33(44)45-21-26-24-15-9-7-13-22(24)23-14-8-10-16-25(23)26/h7-10,13-16,26-28H,11-12,17-21H2,1-6H3,(H,36,43)(H,37,40)(H,38,44)(H,41,42)/t27-,28-/m0/s1. The fraction of sp³-hybridized carbons (Fsp3) is 0.514. The molecule has 1 aliphatic rings. The average molecular weight is 654 g/mol. The van der Waals surface area contributed by atoms with Crippen LogP contribution < -0.4 is 16.0 Å². The van der Waals surface area contributed by atoms with E-state index in [-0.39, 0.29) is 38.3 Å². The van der Waals surface area contributed by atoms with Gasteiger partial charge >= 0.3 is 24.1 Å². The molecule has 0 fully saturated rings. The van der Waals surface area contributed by atoms with Crippen LogP contribution in [0.25, 0.3) is 11.1 Å². The van der Waals surface area contributed by atoms with Crippen LogP contribution in [0.2, 0.25) is 0 Å². The summed E-state index contributed by atoms with van der Waals surface area (Å²) in [4.78, 5) is 62.5. The molecule has 3 amide bonds. The molecular formula is C35H47N3O9. The van der Waals surface area contributed by atoms with E-state index in [2.05, 4.69) is 16.0 Å². The number of fused-ring (bicyclic) bond motifs is 3. The number of amides is 3. The van der Waals surface area contributed by atoms with Crippen LogP contribution >= 0.6 is 0 Å². The van der Waals surface area contributed by atoms with Crippen molar-refractivity contribution in [3.05, 3.63) is 59.7 Å². The van der Waals surface area contributed by atoms with Gasteiger partial charge in [-0.25, -0.2) is 14.4 Å². The molecule has 0 aliphatic heterocycles. The van der Waals surface area contributed by atoms with Crippen molar-refractivity contribution < 1.29 is 43.3 Å². The van der Waals surface area contributed by atoms with Crippen LogP contribution in [-0.4, -0.2) is 71.6 Å². The van der Waals surface area contributed by atoms with E-state index in [1.807, 2.05) is 48.5 Å². The lowest BCUT2D eigenvalue weighted by molar-refractivity contribution is -0.155. The Kier molecular flexibility index (Phi) is 12.8. The van der Waals surface area contributed by atoms with Gasteiger partial charge in [0.25, 0.3) is 0 Å². The third-order valence-electron chi connectivity index (χ3n) is 7.21. The van der Waals surface area contributed by atoms with E-state index in [4.69, 9.17) is 14.2 Å². The zero-order valence-corrected chi connectivity index (χ0v) is 28.0. The number of esters is 1. The summed E-state index contributed by atoms with van der Waals surface area (Å²) in [5.74, 6) is -2.86. The molecule has 2 aromatic rings. The molecule has 0 heterocycles. The molecule has 0 spiro atoms. The van der Waals surface area contributed by atoms with Gasteiger partial charge in [0.05, 0.1) is 0 Å². The largest absolute Gasteiger partial charge is 0.480 e. The zero-order chi connectivity index (χ0) is 34.8. The monoisotopic (exact) mass is 653 g/mol. The quantitative estimate of drug-likeness (QED) is 0.120. The van der Waals surface area contributed by atoms with Crippen molar-refractivity contribution in [2.24, 2.45) is 0 Å². The summed E-state index contributed by atoms with van der Waals surface area (Å²) in [5, 5.41) is 17.4. The molecule has 3 rings (SSSR count). The number of benzene rings is 2. The molecule has 4 N–H and O–H groups in total. The molecule has 0 aromatic heterocycles. The van der Waals surface area contributed by atoms with Crippen LogP contribution in [0.15, 0.2) is 48.5 Å². The van der Waals surface area contributed by atoms with Crippen LogP contribution in [0.1, 0.15) is 90.7 Å². The number of carboxylic acid groups (broad SMARTS) is 1. The van der Waals surface area contributed by atoms with Crippen LogP contribution in [0.3, 0.4) is 0 Å². The third-order valence-corrected chi connectivity index (χ3v) is 7.21. The van der Waals surface area contributed by atoms with Gasteiger partial charge in [-0.15, -0.1) is 0 Å². The lowest BCUT2D eigenvalue weighted by atomic mass is 9.98. The molecule has 0 radical (unpaired) electrons. The Labute approximate surface area is 275 Å². The highest BCUT2D eigenvalue weighted by molar-refractivity contribution is 5.89. The summed E-state index contributed by atoms with van der Waals surface area (Å²) in [5.41, 5.74) is 2.81. The minimum absolute atomic E-state index is 0.0294. The van der Waals surface area contributed by atoms with Gasteiger partial charge in [-0.1, -0.05) is 48.5 Å². The Morgan fingerprint density at radius 2 is 1.32 bits per heavy atom. The van der Waals surface area contributed by atoms with Gasteiger partial charge in [-0.3, -0.25) is 9.59 Å². The molecule has 256 valence electrons. The summed E-state index contributed by atoms with van der Waals surface area (Å²) in [7, 11) is 0. The zero-order valence-electron chi connectivity index (χ0n) is 28.0. The van der Waals surface area contributed by atoms with Gasteiger partial charge in [0.2, 0.25) is 5.91 Å². The Hall–Kier alpha value is -4.61. The number of nitrogens with one attached hydrogen (secondary N) is 3. The molecule has 0 saturated carbocycles. The van der Waals surface area contributed by atoms with Gasteiger partial charge < -0.3 is 35.3 Å². The molecule has 12 heteroatoms. The number of rotatable bonds is 14. The van der Waals surface area contributed by atoms with Gasteiger partial charge in [-0.2, -0.15) is 0 Å². The van der Waals surface area contributed by atoms with E-state index >= 15 is 0 Å². The summed E-state index contributed by atoms with van der Waals surface area (Å²) >= 11 is 0. The van der Waals surface area contributed by atoms with Crippen LogP contribution in [0.4, 0.5) is 9.59 Å². The van der Waals surface area contributed by atoms with E-state index < -0.39 is 53.3 Å². The Morgan fingerprint density at radius 3 is 1.87 bits per heavy atom. The lowest BCUT2D eigenvalue weighted by Crippen LogP contribution is -2.52. The summed E-state index contributed by atoms with van der Waals surface area (Å²) in [6, 6.07) is 13.3. The number of unbranched alkanes of at least 4 members (excludes halogenated alkanes) is 1. The van der Waals surface area contributed by atoms with E-state index in [0.29, 0.717) is 12.8 Å². The van der Waals surface area contributed by atoms with Gasteiger partial charge in [-0.05, 0) is 89.5 Å². The van der Waals surface area contributed by atoms with Crippen molar-refractivity contribution in [1.29, 1.82) is 0 Å². The molecule has 0 bridgehead atoms. The van der Waals surface area contributed by atoms with Crippen molar-refractivity contribution in [2.75, 3.05) is 13.2 Å². The predicted octanol–water partition coefficient (Wildman–Crippen LogP) is 5.28. The Bertz CT molecular complexity index is 1380. The van der Waals surface area contributed by atoms with Gasteiger partial charge in [0.15, 0.2) is 0 Å². The fourth-order valence-corrected chi connectivity index (χ4v) is 5.21. The minimum Gasteiger partial charge on any atom is -0.480 e. The summed E-state index contributed by atoms with van der Waals surface area (Å²) < 4.78 is 16.1. The van der Waals surface area contributed by atoms with Gasteiger partial charge in [0.1, 0.15) is 29.9 Å². The number of ether oxygens (including phenoxy) is 3. The first-order chi connectivity index (χ1) is 22.0. The summed E-state index contributed by atoms with van der Waals surface area (Å²) in [6.45, 7) is 10.6. The predicted molar refractivity (Wildman–Crippen MR) is 175 cm³/mol. The molecule has 0 unspecified atom stereocenters.